The van der Waals surface area contributed by atoms with Crippen LogP contribution in [0.3, 0.4) is 0 Å². The van der Waals surface area contributed by atoms with Gasteiger partial charge in [-0.3, -0.25) is 9.59 Å². The minimum absolute atomic E-state index is 0.00109. The normalized spacial score (nSPS) is 45.6. The van der Waals surface area contributed by atoms with E-state index in [1.807, 2.05) is 19.9 Å². The molecule has 0 N–H and O–H groups in total. The van der Waals surface area contributed by atoms with Gasteiger partial charge in [-0.25, -0.2) is 4.79 Å². The Morgan fingerprint density at radius 1 is 0.672 bits per heavy atom. The number of ether oxygens (including phenoxy) is 3. The van der Waals surface area contributed by atoms with Crippen molar-refractivity contribution in [2.24, 2.45) is 92.7 Å². The molecule has 0 aromatic carbocycles. The van der Waals surface area contributed by atoms with Crippen molar-refractivity contribution in [1.29, 1.82) is 0 Å². The van der Waals surface area contributed by atoms with Gasteiger partial charge >= 0.3 is 17.9 Å². The van der Waals surface area contributed by atoms with Gasteiger partial charge in [-0.05, 0) is 159 Å². The third-order valence-corrected chi connectivity index (χ3v) is 19.8. The lowest BCUT2D eigenvalue weighted by Crippen LogP contribution is -2.58. The van der Waals surface area contributed by atoms with Crippen LogP contribution < -0.4 is 0 Å². The highest BCUT2D eigenvalue weighted by molar-refractivity contribution is 5.82. The van der Waals surface area contributed by atoms with Gasteiger partial charge in [0, 0.05) is 37.7 Å². The molecule has 0 aliphatic heterocycles. The minimum atomic E-state index is -0.263. The van der Waals surface area contributed by atoms with Crippen LogP contribution in [0.1, 0.15) is 166 Å². The summed E-state index contributed by atoms with van der Waals surface area (Å²) in [4.78, 5) is 47.6. The molecule has 0 unspecified atom stereocenters. The monoisotopic (exact) mass is 843 g/mol. The van der Waals surface area contributed by atoms with E-state index >= 15 is 0 Å². The zero-order chi connectivity index (χ0) is 44.2. The second-order valence-corrected chi connectivity index (χ2v) is 23.0. The average Bonchev–Trinajstić information content (AvgIpc) is 3.74. The number of aldehydes is 1. The summed E-state index contributed by atoms with van der Waals surface area (Å²) >= 11 is 0. The van der Waals surface area contributed by atoms with E-state index in [9.17, 15) is 19.2 Å². The molecule has 8 aliphatic carbocycles. The van der Waals surface area contributed by atoms with Gasteiger partial charge in [-0.2, -0.15) is 0 Å². The number of carbonyl (C=O) groups excluding carboxylic acids is 4. The van der Waals surface area contributed by atoms with Crippen molar-refractivity contribution in [2.45, 2.75) is 178 Å². The van der Waals surface area contributed by atoms with Gasteiger partial charge in [0.05, 0.1) is 6.61 Å². The van der Waals surface area contributed by atoms with Crippen LogP contribution >= 0.6 is 0 Å². The van der Waals surface area contributed by atoms with Gasteiger partial charge < -0.3 is 19.0 Å². The Bertz CT molecular complexity index is 1760. The third-order valence-electron chi connectivity index (χ3n) is 19.8. The molecule has 6 saturated carbocycles. The Balaban J connectivity index is 0.000000186. The Morgan fingerprint density at radius 2 is 1.11 bits per heavy atom. The molecule has 0 heterocycles. The summed E-state index contributed by atoms with van der Waals surface area (Å²) in [6.45, 7) is 24.3. The summed E-state index contributed by atoms with van der Waals surface area (Å²) in [5, 5.41) is 0. The van der Waals surface area contributed by atoms with Gasteiger partial charge in [0.25, 0.3) is 0 Å². The molecule has 0 aromatic heterocycles. The van der Waals surface area contributed by atoms with Crippen LogP contribution in [0.5, 0.6) is 0 Å². The number of carbonyl (C=O) groups is 4. The van der Waals surface area contributed by atoms with E-state index < -0.39 is 0 Å². The summed E-state index contributed by atoms with van der Waals surface area (Å²) in [5.41, 5.74) is 3.74. The summed E-state index contributed by atoms with van der Waals surface area (Å²) in [7, 11) is 0. The second-order valence-electron chi connectivity index (χ2n) is 23.0. The predicted molar refractivity (Wildman–Crippen MR) is 241 cm³/mol. The van der Waals surface area contributed by atoms with E-state index in [4.69, 9.17) is 14.2 Å². The highest BCUT2D eigenvalue weighted by Crippen LogP contribution is 2.69. The number of hydrogen-bond donors (Lipinski definition) is 0. The Kier molecular flexibility index (Phi) is 13.4. The Labute approximate surface area is 369 Å². The van der Waals surface area contributed by atoms with Gasteiger partial charge in [-0.1, -0.05) is 97.6 Å². The topological polar surface area (TPSA) is 96.0 Å². The molecule has 0 amide bonds. The number of rotatable bonds is 8. The van der Waals surface area contributed by atoms with Crippen LogP contribution in [-0.2, 0) is 33.4 Å². The molecular formula is C54H82O7. The molecule has 8 aliphatic rings. The fourth-order valence-electron chi connectivity index (χ4n) is 16.7. The largest absolute Gasteiger partial charge is 0.463 e. The van der Waals surface area contributed by atoms with Crippen molar-refractivity contribution in [2.75, 3.05) is 6.61 Å². The molecular weight excluding hydrogens is 761 g/mol. The van der Waals surface area contributed by atoms with E-state index in [2.05, 4.69) is 60.6 Å². The van der Waals surface area contributed by atoms with E-state index in [0.717, 1.165) is 43.8 Å². The predicted octanol–water partition coefficient (Wildman–Crippen LogP) is 12.1. The maximum Gasteiger partial charge on any atom is 0.330 e. The molecule has 340 valence electrons. The molecule has 18 atom stereocenters. The van der Waals surface area contributed by atoms with Crippen molar-refractivity contribution >= 4 is 24.2 Å². The Morgan fingerprint density at radius 3 is 1.52 bits per heavy atom. The fourth-order valence-corrected chi connectivity index (χ4v) is 16.7. The van der Waals surface area contributed by atoms with Crippen molar-refractivity contribution in [1.82, 2.24) is 0 Å². The van der Waals surface area contributed by atoms with Gasteiger partial charge in [0.1, 0.15) is 18.5 Å². The highest BCUT2D eigenvalue weighted by atomic mass is 16.5. The summed E-state index contributed by atoms with van der Waals surface area (Å²) in [5.74, 6) is 5.73. The first-order valence-electron chi connectivity index (χ1n) is 24.9. The second kappa shape index (κ2) is 17.7. The van der Waals surface area contributed by atoms with Crippen molar-refractivity contribution < 1.29 is 33.4 Å². The first kappa shape index (κ1) is 46.3. The van der Waals surface area contributed by atoms with Crippen LogP contribution in [-0.4, -0.2) is 43.0 Å². The zero-order valence-corrected chi connectivity index (χ0v) is 39.9. The summed E-state index contributed by atoms with van der Waals surface area (Å²) in [6.07, 6.45) is 26.4. The summed E-state index contributed by atoms with van der Waals surface area (Å²) in [6, 6.07) is 0. The van der Waals surface area contributed by atoms with Crippen LogP contribution in [0, 0.1) is 92.7 Å². The minimum Gasteiger partial charge on any atom is -0.463 e. The maximum absolute atomic E-state index is 12.1. The van der Waals surface area contributed by atoms with E-state index in [1.54, 1.807) is 19.9 Å². The van der Waals surface area contributed by atoms with Crippen molar-refractivity contribution in [3.63, 3.8) is 0 Å². The van der Waals surface area contributed by atoms with Crippen LogP contribution in [0.4, 0.5) is 0 Å². The molecule has 0 radical (unpaired) electrons. The van der Waals surface area contributed by atoms with E-state index in [-0.39, 0.29) is 52.8 Å². The molecule has 0 spiro atoms. The number of esters is 3. The molecule has 0 aromatic rings. The van der Waals surface area contributed by atoms with Gasteiger partial charge in [-0.15, -0.1) is 0 Å². The lowest BCUT2D eigenvalue weighted by atomic mass is 9.43. The maximum atomic E-state index is 12.1. The fraction of sp³-hybridized carbons (Fsp3) is 0.815. The lowest BCUT2D eigenvalue weighted by molar-refractivity contribution is -0.187. The number of fused-ring (bicyclic) bond motifs is 10. The van der Waals surface area contributed by atoms with Gasteiger partial charge in [0.15, 0.2) is 0 Å². The van der Waals surface area contributed by atoms with Crippen LogP contribution in [0.2, 0.25) is 0 Å². The smallest absolute Gasteiger partial charge is 0.330 e. The van der Waals surface area contributed by atoms with Crippen molar-refractivity contribution in [3.8, 4) is 0 Å². The standard InChI is InChI=1S/C29H44O4.C25H38O3/c1-7-32-26(31)11-8-19(3)22-9-10-23-27-24(13-15-29(22,23)6)28(5)14-12-18(2)16-21(28)17-25(27)33-20(4)30;1-15-8-10-24(4)18(12-15)13-22(28-17(3)27)23-20-7-6-19(16(2)14-26)25(20,5)11-9-21(23)24/h8-9,11,18-19,21,23-25,27H,7,10,12-17H2,1-6H3;6,14-16,18,20-23H,7-13H2,1-5H3/b11-8+;/t18-,19-,21+,23+,24+,25-,27+,28+,29-;15-,16-,18+,20+,21+,22-,23+,24+,25-/m11/s1. The lowest BCUT2D eigenvalue weighted by Gasteiger charge is -2.62. The molecule has 0 saturated heterocycles. The summed E-state index contributed by atoms with van der Waals surface area (Å²) < 4.78 is 17.2. The van der Waals surface area contributed by atoms with Gasteiger partial charge in [0.2, 0.25) is 0 Å². The third kappa shape index (κ3) is 8.30. The van der Waals surface area contributed by atoms with Crippen LogP contribution in [0.15, 0.2) is 35.5 Å². The molecule has 7 nitrogen and oxygen atoms in total. The first-order chi connectivity index (χ1) is 28.8. The Hall–Kier alpha value is -2.70. The molecule has 61 heavy (non-hydrogen) atoms. The molecule has 8 rings (SSSR count). The SMILES string of the molecule is CC(=O)O[C@@H]1C[C@@H]2C[C@H](C)CC[C@]2(C)[C@H]2CC[C@]3(C)C([C@H](C)C=O)=CC[C@H]3[C@H]12.CCOC(=O)/C=C/[C@@H](C)C1=CC[C@H]2[C@@H]3[C@H](OC(C)=O)C[C@@H]4C[C@H](C)CC[C@]4(C)[C@H]3CC[C@]12C. The van der Waals surface area contributed by atoms with Crippen molar-refractivity contribution in [3.05, 3.63) is 35.5 Å². The average molecular weight is 843 g/mol. The molecule has 7 heteroatoms. The molecule has 0 bridgehead atoms. The molecule has 6 fully saturated rings. The first-order valence-corrected chi connectivity index (χ1v) is 24.9. The van der Waals surface area contributed by atoms with E-state index in [0.29, 0.717) is 64.8 Å². The quantitative estimate of drug-likeness (QED) is 0.0789. The van der Waals surface area contributed by atoms with E-state index in [1.165, 1.54) is 75.4 Å². The highest BCUT2D eigenvalue weighted by Gasteiger charge is 2.64. The number of hydrogen-bond acceptors (Lipinski definition) is 7. The zero-order valence-electron chi connectivity index (χ0n) is 39.9. The number of allylic oxidation sites excluding steroid dienone is 5. The van der Waals surface area contributed by atoms with Crippen LogP contribution in [0.25, 0.3) is 0 Å².